The summed E-state index contributed by atoms with van der Waals surface area (Å²) in [5.41, 5.74) is 0.847. The molecular formula is C8H11N3. The number of imidazole rings is 1. The smallest absolute Gasteiger partial charge is 0.156 e. The first kappa shape index (κ1) is 7.72. The van der Waals surface area contributed by atoms with E-state index < -0.39 is 0 Å². The molecule has 0 saturated carbocycles. The summed E-state index contributed by atoms with van der Waals surface area (Å²) in [5, 5.41) is 0. The van der Waals surface area contributed by atoms with Crippen LogP contribution >= 0.6 is 0 Å². The lowest BCUT2D eigenvalue weighted by atomic mass is 10.4. The van der Waals surface area contributed by atoms with Gasteiger partial charge >= 0.3 is 0 Å². The van der Waals surface area contributed by atoms with Crippen LogP contribution in [0.1, 0.15) is 18.4 Å². The van der Waals surface area contributed by atoms with Crippen LogP contribution in [0.5, 0.6) is 0 Å². The van der Waals surface area contributed by atoms with Crippen LogP contribution in [0.3, 0.4) is 0 Å². The van der Waals surface area contributed by atoms with Gasteiger partial charge in [-0.2, -0.15) is 0 Å². The van der Waals surface area contributed by atoms with E-state index in [0.29, 0.717) is 0 Å². The first-order valence-electron chi connectivity index (χ1n) is 3.44. The quantitative estimate of drug-likeness (QED) is 0.642. The number of allylic oxidation sites excluding steroid dienone is 1. The molecule has 11 heavy (non-hydrogen) atoms. The molecule has 58 valence electrons. The molecule has 0 saturated heterocycles. The number of aromatic amines is 1. The summed E-state index contributed by atoms with van der Waals surface area (Å²) in [5.74, 6) is 1.60. The predicted molar refractivity (Wildman–Crippen MR) is 47.2 cm³/mol. The largest absolute Gasteiger partial charge is 0.327 e. The van der Waals surface area contributed by atoms with Gasteiger partial charge in [0.2, 0.25) is 0 Å². The van der Waals surface area contributed by atoms with Gasteiger partial charge in [-0.25, -0.2) is 9.98 Å². The highest BCUT2D eigenvalue weighted by molar-refractivity contribution is 5.59. The van der Waals surface area contributed by atoms with Crippen molar-refractivity contribution < 1.29 is 0 Å². The highest BCUT2D eigenvalue weighted by Gasteiger charge is 2.00. The van der Waals surface area contributed by atoms with Gasteiger partial charge in [-0.05, 0) is 26.6 Å². The first-order valence-corrected chi connectivity index (χ1v) is 3.44. The fourth-order valence-electron chi connectivity index (χ4n) is 0.892. The second-order valence-electron chi connectivity index (χ2n) is 2.21. The van der Waals surface area contributed by atoms with E-state index >= 15 is 0 Å². The van der Waals surface area contributed by atoms with E-state index in [4.69, 9.17) is 0 Å². The van der Waals surface area contributed by atoms with Gasteiger partial charge in [0.15, 0.2) is 5.82 Å². The zero-order chi connectivity index (χ0) is 8.27. The summed E-state index contributed by atoms with van der Waals surface area (Å²) in [6.07, 6.45) is 3.82. The molecule has 1 aromatic heterocycles. The van der Waals surface area contributed by atoms with Crippen LogP contribution in [0.2, 0.25) is 0 Å². The van der Waals surface area contributed by atoms with Crippen molar-refractivity contribution in [3.63, 3.8) is 0 Å². The number of hydrogen-bond acceptors (Lipinski definition) is 2. The zero-order valence-corrected chi connectivity index (χ0v) is 6.76. The van der Waals surface area contributed by atoms with Crippen LogP contribution in [0.15, 0.2) is 11.1 Å². The molecule has 1 N–H and O–H groups in total. The number of aromatic nitrogens is 2. The molecule has 0 atom stereocenters. The third-order valence-corrected chi connectivity index (χ3v) is 1.31. The molecule has 1 aromatic rings. The Kier molecular flexibility index (Phi) is 2.21. The molecular weight excluding hydrogens is 138 g/mol. The van der Waals surface area contributed by atoms with Crippen molar-refractivity contribution in [1.82, 2.24) is 9.97 Å². The maximum atomic E-state index is 4.20. The molecule has 0 aromatic carbocycles. The second-order valence-corrected chi connectivity index (χ2v) is 2.21. The van der Waals surface area contributed by atoms with Crippen molar-refractivity contribution in [2.75, 3.05) is 0 Å². The van der Waals surface area contributed by atoms with Gasteiger partial charge in [0.25, 0.3) is 0 Å². The minimum absolute atomic E-state index is 0.737. The monoisotopic (exact) mass is 149 g/mol. The Balaban J connectivity index is 3.11. The first-order chi connectivity index (χ1) is 5.27. The van der Waals surface area contributed by atoms with Gasteiger partial charge in [-0.15, -0.1) is 0 Å². The number of hydrogen-bond donors (Lipinski definition) is 1. The molecule has 0 bridgehead atoms. The van der Waals surface area contributed by atoms with Crippen molar-refractivity contribution in [2.45, 2.75) is 13.8 Å². The fraction of sp³-hybridized carbons (Fsp3) is 0.250. The number of rotatable bonds is 2. The number of aryl methyl sites for hydroxylation is 1. The molecule has 0 aliphatic heterocycles. The van der Waals surface area contributed by atoms with Crippen LogP contribution in [0.25, 0.3) is 6.08 Å². The summed E-state index contributed by atoms with van der Waals surface area (Å²) in [4.78, 5) is 11.0. The SMILES string of the molecule is C=Nc1[nH]c(C)nc1/C=C\C. The van der Waals surface area contributed by atoms with Gasteiger partial charge in [0.1, 0.15) is 11.5 Å². The van der Waals surface area contributed by atoms with Crippen LogP contribution in [0.4, 0.5) is 5.82 Å². The molecule has 3 nitrogen and oxygen atoms in total. The van der Waals surface area contributed by atoms with E-state index in [1.165, 1.54) is 0 Å². The average Bonchev–Trinajstić information content (AvgIpc) is 2.32. The molecule has 0 aliphatic rings. The molecule has 0 fully saturated rings. The Morgan fingerprint density at radius 1 is 1.64 bits per heavy atom. The third kappa shape index (κ3) is 1.55. The third-order valence-electron chi connectivity index (χ3n) is 1.31. The lowest BCUT2D eigenvalue weighted by Gasteiger charge is -1.85. The van der Waals surface area contributed by atoms with E-state index in [9.17, 15) is 0 Å². The number of aliphatic imine (C=N–C) groups is 1. The van der Waals surface area contributed by atoms with Gasteiger partial charge in [-0.1, -0.05) is 6.08 Å². The number of nitrogens with one attached hydrogen (secondary N) is 1. The normalized spacial score (nSPS) is 10.7. The maximum absolute atomic E-state index is 4.20. The molecule has 0 amide bonds. The summed E-state index contributed by atoms with van der Waals surface area (Å²) in [6, 6.07) is 0. The summed E-state index contributed by atoms with van der Waals surface area (Å²) < 4.78 is 0. The van der Waals surface area contributed by atoms with E-state index in [1.54, 1.807) is 0 Å². The molecule has 0 radical (unpaired) electrons. The topological polar surface area (TPSA) is 41.0 Å². The average molecular weight is 149 g/mol. The van der Waals surface area contributed by atoms with Crippen molar-refractivity contribution in [3.8, 4) is 0 Å². The number of H-pyrrole nitrogens is 1. The lowest BCUT2D eigenvalue weighted by Crippen LogP contribution is -1.71. The van der Waals surface area contributed by atoms with E-state index in [2.05, 4.69) is 21.7 Å². The zero-order valence-electron chi connectivity index (χ0n) is 6.76. The molecule has 0 spiro atoms. The Bertz CT molecular complexity index is 284. The Labute approximate surface area is 65.9 Å². The lowest BCUT2D eigenvalue weighted by molar-refractivity contribution is 1.14. The van der Waals surface area contributed by atoms with Gasteiger partial charge in [0, 0.05) is 0 Å². The minimum Gasteiger partial charge on any atom is -0.327 e. The van der Waals surface area contributed by atoms with Crippen LogP contribution in [-0.4, -0.2) is 16.7 Å². The molecule has 3 heteroatoms. The summed E-state index contributed by atoms with van der Waals surface area (Å²) in [6.45, 7) is 7.26. The van der Waals surface area contributed by atoms with Crippen molar-refractivity contribution in [2.24, 2.45) is 4.99 Å². The van der Waals surface area contributed by atoms with Crippen LogP contribution in [0, 0.1) is 6.92 Å². The molecule has 0 aliphatic carbocycles. The number of nitrogens with zero attached hydrogens (tertiary/aromatic N) is 2. The second kappa shape index (κ2) is 3.14. The Morgan fingerprint density at radius 2 is 2.36 bits per heavy atom. The van der Waals surface area contributed by atoms with Gasteiger partial charge in [0.05, 0.1) is 0 Å². The highest BCUT2D eigenvalue weighted by atomic mass is 15.0. The van der Waals surface area contributed by atoms with E-state index in [1.807, 2.05) is 26.0 Å². The van der Waals surface area contributed by atoms with Crippen molar-refractivity contribution >= 4 is 18.6 Å². The maximum Gasteiger partial charge on any atom is 0.156 e. The predicted octanol–water partition coefficient (Wildman–Crippen LogP) is 2.08. The standard InChI is InChI=1S/C8H11N3/c1-4-5-7-8(9-3)11-6(2)10-7/h4-5H,3H2,1-2H3,(H,10,11)/b5-4-. The van der Waals surface area contributed by atoms with Gasteiger partial charge < -0.3 is 4.98 Å². The summed E-state index contributed by atoms with van der Waals surface area (Å²) in [7, 11) is 0. The Morgan fingerprint density at radius 3 is 2.91 bits per heavy atom. The summed E-state index contributed by atoms with van der Waals surface area (Å²) >= 11 is 0. The molecule has 1 rings (SSSR count). The Hall–Kier alpha value is -1.38. The molecule has 1 heterocycles. The van der Waals surface area contributed by atoms with E-state index in [-0.39, 0.29) is 0 Å². The highest BCUT2D eigenvalue weighted by Crippen LogP contribution is 2.15. The minimum atomic E-state index is 0.737. The van der Waals surface area contributed by atoms with Crippen molar-refractivity contribution in [3.05, 3.63) is 17.6 Å². The van der Waals surface area contributed by atoms with Crippen LogP contribution in [-0.2, 0) is 0 Å². The van der Waals surface area contributed by atoms with Crippen molar-refractivity contribution in [1.29, 1.82) is 0 Å². The molecule has 0 unspecified atom stereocenters. The van der Waals surface area contributed by atoms with E-state index in [0.717, 1.165) is 17.3 Å². The van der Waals surface area contributed by atoms with Gasteiger partial charge in [-0.3, -0.25) is 0 Å². The fourth-order valence-corrected chi connectivity index (χ4v) is 0.892. The van der Waals surface area contributed by atoms with Crippen LogP contribution < -0.4 is 0 Å².